The smallest absolute Gasteiger partial charge is 0.253 e. The van der Waals surface area contributed by atoms with Crippen LogP contribution in [0.5, 0.6) is 0 Å². The summed E-state index contributed by atoms with van der Waals surface area (Å²) < 4.78 is 0. The summed E-state index contributed by atoms with van der Waals surface area (Å²) in [5.41, 5.74) is 9.38. The average Bonchev–Trinajstić information content (AvgIpc) is 3.50. The van der Waals surface area contributed by atoms with Crippen LogP contribution in [0.1, 0.15) is 52.7 Å². The predicted octanol–water partition coefficient (Wildman–Crippen LogP) is 4.62. The molecule has 1 saturated carbocycles. The van der Waals surface area contributed by atoms with Crippen molar-refractivity contribution in [3.05, 3.63) is 69.8 Å². The molecule has 0 unspecified atom stereocenters. The quantitative estimate of drug-likeness (QED) is 0.417. The molecule has 0 aliphatic heterocycles. The Labute approximate surface area is 190 Å². The standard InChI is InChI=1S/C25H26N4O2S/c1-15-18(10-16-6-8-17(9-7-16)21-12-32-14-28-21)11-19(24-23(15)26-13-27-24)25(31)29-20-4-2-3-5-22(20)30/h6-9,11-14,20,22,30H,2-5,10H2,1H3,(H,26,27)(H,29,31)/t20-,22-/m1/s1. The lowest BCUT2D eigenvalue weighted by Crippen LogP contribution is -2.45. The van der Waals surface area contributed by atoms with E-state index in [-0.39, 0.29) is 11.9 Å². The van der Waals surface area contributed by atoms with Crippen molar-refractivity contribution in [1.82, 2.24) is 20.3 Å². The summed E-state index contributed by atoms with van der Waals surface area (Å²) in [6.45, 7) is 2.06. The number of aliphatic hydroxyl groups excluding tert-OH is 1. The van der Waals surface area contributed by atoms with Crippen molar-refractivity contribution in [2.24, 2.45) is 0 Å². The van der Waals surface area contributed by atoms with Gasteiger partial charge in [0.15, 0.2) is 0 Å². The number of hydrogen-bond acceptors (Lipinski definition) is 5. The summed E-state index contributed by atoms with van der Waals surface area (Å²) >= 11 is 1.59. The molecule has 1 aliphatic carbocycles. The lowest BCUT2D eigenvalue weighted by molar-refractivity contribution is 0.0718. The van der Waals surface area contributed by atoms with E-state index in [2.05, 4.69) is 51.5 Å². The summed E-state index contributed by atoms with van der Waals surface area (Å²) in [5.74, 6) is -0.173. The molecule has 0 radical (unpaired) electrons. The molecule has 1 aliphatic rings. The Morgan fingerprint density at radius 1 is 1.22 bits per heavy atom. The number of nitrogens with zero attached hydrogens (tertiary/aromatic N) is 2. The van der Waals surface area contributed by atoms with Crippen molar-refractivity contribution in [2.75, 3.05) is 0 Å². The fourth-order valence-electron chi connectivity index (χ4n) is 4.55. The van der Waals surface area contributed by atoms with E-state index in [1.165, 1.54) is 5.56 Å². The number of aryl methyl sites for hydroxylation is 1. The maximum absolute atomic E-state index is 13.2. The highest BCUT2D eigenvalue weighted by molar-refractivity contribution is 7.07. The molecule has 0 spiro atoms. The number of thiazole rings is 1. The normalized spacial score (nSPS) is 18.7. The van der Waals surface area contributed by atoms with Crippen molar-refractivity contribution < 1.29 is 9.90 Å². The number of H-pyrrole nitrogens is 1. The Morgan fingerprint density at radius 2 is 2.03 bits per heavy atom. The van der Waals surface area contributed by atoms with Crippen molar-refractivity contribution in [1.29, 1.82) is 0 Å². The van der Waals surface area contributed by atoms with Gasteiger partial charge in [0.2, 0.25) is 0 Å². The zero-order chi connectivity index (χ0) is 22.1. The van der Waals surface area contributed by atoms with Gasteiger partial charge in [-0.05, 0) is 48.9 Å². The van der Waals surface area contributed by atoms with Crippen LogP contribution in [-0.4, -0.2) is 38.1 Å². The van der Waals surface area contributed by atoms with Crippen molar-refractivity contribution in [3.63, 3.8) is 0 Å². The highest BCUT2D eigenvalue weighted by Gasteiger charge is 2.26. The van der Waals surface area contributed by atoms with Crippen molar-refractivity contribution in [3.8, 4) is 11.3 Å². The van der Waals surface area contributed by atoms with Gasteiger partial charge in [-0.2, -0.15) is 0 Å². The number of fused-ring (bicyclic) bond motifs is 1. The molecule has 7 heteroatoms. The summed E-state index contributed by atoms with van der Waals surface area (Å²) in [7, 11) is 0. The van der Waals surface area contributed by atoms with Crippen LogP contribution in [0.15, 0.2) is 47.5 Å². The summed E-state index contributed by atoms with van der Waals surface area (Å²) in [5, 5.41) is 15.4. The van der Waals surface area contributed by atoms with Gasteiger partial charge in [0, 0.05) is 10.9 Å². The molecule has 6 nitrogen and oxygen atoms in total. The van der Waals surface area contributed by atoms with E-state index in [0.717, 1.165) is 53.6 Å². The van der Waals surface area contributed by atoms with Gasteiger partial charge in [0.1, 0.15) is 5.52 Å². The predicted molar refractivity (Wildman–Crippen MR) is 127 cm³/mol. The van der Waals surface area contributed by atoms with E-state index in [1.54, 1.807) is 17.7 Å². The minimum atomic E-state index is -0.483. The molecule has 4 aromatic rings. The van der Waals surface area contributed by atoms with Crippen LogP contribution < -0.4 is 5.32 Å². The lowest BCUT2D eigenvalue weighted by Gasteiger charge is -2.28. The molecular weight excluding hydrogens is 420 g/mol. The monoisotopic (exact) mass is 446 g/mol. The first-order valence-corrected chi connectivity index (χ1v) is 12.0. The molecule has 0 bridgehead atoms. The van der Waals surface area contributed by atoms with E-state index in [4.69, 9.17) is 0 Å². The van der Waals surface area contributed by atoms with Gasteiger partial charge in [0.05, 0.1) is 40.8 Å². The van der Waals surface area contributed by atoms with Gasteiger partial charge in [-0.25, -0.2) is 9.97 Å². The van der Waals surface area contributed by atoms with Gasteiger partial charge in [0.25, 0.3) is 5.91 Å². The molecule has 2 atom stereocenters. The number of nitrogens with one attached hydrogen (secondary N) is 2. The third-order valence-electron chi connectivity index (χ3n) is 6.44. The maximum atomic E-state index is 13.2. The molecule has 2 aromatic heterocycles. The SMILES string of the molecule is Cc1c(Cc2ccc(-c3cscn3)cc2)cc(C(=O)N[C@@H]2CCCC[C@H]2O)c2nc[nH]c12. The van der Waals surface area contributed by atoms with Crippen LogP contribution in [0.4, 0.5) is 0 Å². The Hall–Kier alpha value is -3.03. The number of carbonyl (C=O) groups excluding carboxylic acids is 1. The van der Waals surface area contributed by atoms with Crippen LogP contribution in [-0.2, 0) is 6.42 Å². The van der Waals surface area contributed by atoms with Gasteiger partial charge in [-0.3, -0.25) is 4.79 Å². The Morgan fingerprint density at radius 3 is 2.78 bits per heavy atom. The van der Waals surface area contributed by atoms with Gasteiger partial charge >= 0.3 is 0 Å². The number of benzene rings is 2. The summed E-state index contributed by atoms with van der Waals surface area (Å²) in [4.78, 5) is 25.2. The molecule has 164 valence electrons. The van der Waals surface area contributed by atoms with Crippen molar-refractivity contribution >= 4 is 28.3 Å². The highest BCUT2D eigenvalue weighted by Crippen LogP contribution is 2.27. The van der Waals surface area contributed by atoms with E-state index in [1.807, 2.05) is 17.0 Å². The molecule has 0 saturated heterocycles. The third-order valence-corrected chi connectivity index (χ3v) is 7.02. The molecular formula is C25H26N4O2S. The number of amides is 1. The molecule has 1 amide bonds. The van der Waals surface area contributed by atoms with Crippen molar-refractivity contribution in [2.45, 2.75) is 51.2 Å². The maximum Gasteiger partial charge on any atom is 0.253 e. The second-order valence-corrected chi connectivity index (χ2v) is 9.23. The number of imidazole rings is 1. The minimum Gasteiger partial charge on any atom is -0.391 e. The first kappa shape index (κ1) is 20.8. The first-order valence-electron chi connectivity index (χ1n) is 11.0. The number of aromatic amines is 1. The fraction of sp³-hybridized carbons (Fsp3) is 0.320. The van der Waals surface area contributed by atoms with Gasteiger partial charge in [-0.15, -0.1) is 11.3 Å². The minimum absolute atomic E-state index is 0.173. The fourth-order valence-corrected chi connectivity index (χ4v) is 5.11. The van der Waals surface area contributed by atoms with Crippen LogP contribution in [0.2, 0.25) is 0 Å². The second kappa shape index (κ2) is 8.84. The highest BCUT2D eigenvalue weighted by atomic mass is 32.1. The summed E-state index contributed by atoms with van der Waals surface area (Å²) in [6.07, 6.45) is 5.44. The van der Waals surface area contributed by atoms with Gasteiger partial charge < -0.3 is 15.4 Å². The molecule has 1 fully saturated rings. The van der Waals surface area contributed by atoms with E-state index in [0.29, 0.717) is 17.5 Å². The topological polar surface area (TPSA) is 90.9 Å². The van der Waals surface area contributed by atoms with Gasteiger partial charge in [-0.1, -0.05) is 37.1 Å². The largest absolute Gasteiger partial charge is 0.391 e. The van der Waals surface area contributed by atoms with E-state index < -0.39 is 6.10 Å². The molecule has 3 N–H and O–H groups in total. The van der Waals surface area contributed by atoms with E-state index in [9.17, 15) is 9.90 Å². The summed E-state index contributed by atoms with van der Waals surface area (Å²) in [6, 6.07) is 10.2. The number of carbonyl (C=O) groups is 1. The molecule has 32 heavy (non-hydrogen) atoms. The third kappa shape index (κ3) is 4.06. The first-order chi connectivity index (χ1) is 15.6. The van der Waals surface area contributed by atoms with E-state index >= 15 is 0 Å². The lowest BCUT2D eigenvalue weighted by atomic mass is 9.92. The zero-order valence-electron chi connectivity index (χ0n) is 18.0. The number of rotatable bonds is 5. The van der Waals surface area contributed by atoms with Crippen LogP contribution in [0.25, 0.3) is 22.3 Å². The van der Waals surface area contributed by atoms with Crippen LogP contribution in [0, 0.1) is 6.92 Å². The van der Waals surface area contributed by atoms with Crippen LogP contribution >= 0.6 is 11.3 Å². The zero-order valence-corrected chi connectivity index (χ0v) is 18.8. The molecule has 5 rings (SSSR count). The Kier molecular flexibility index (Phi) is 5.76. The molecule has 2 heterocycles. The molecule has 2 aromatic carbocycles. The number of aliphatic hydroxyl groups is 1. The Balaban J connectivity index is 1.43. The number of aromatic nitrogens is 3. The average molecular weight is 447 g/mol. The second-order valence-electron chi connectivity index (χ2n) is 8.51. The van der Waals surface area contributed by atoms with Crippen LogP contribution in [0.3, 0.4) is 0 Å². The Bertz CT molecular complexity index is 1230. The number of hydrogen-bond donors (Lipinski definition) is 3.